The molecule has 5 heteroatoms. The first kappa shape index (κ1) is 13.4. The lowest BCUT2D eigenvalue weighted by atomic mass is 10.2. The van der Waals surface area contributed by atoms with E-state index in [0.29, 0.717) is 12.3 Å². The van der Waals surface area contributed by atoms with Crippen LogP contribution in [0.15, 0.2) is 18.2 Å². The Kier molecular flexibility index (Phi) is 3.74. The summed E-state index contributed by atoms with van der Waals surface area (Å²) in [6, 6.07) is 5.17. The zero-order valence-electron chi connectivity index (χ0n) is 11.5. The second kappa shape index (κ2) is 5.30. The van der Waals surface area contributed by atoms with E-state index in [0.717, 1.165) is 23.3 Å². The number of aromatic nitrogens is 2. The van der Waals surface area contributed by atoms with Gasteiger partial charge in [-0.25, -0.2) is 9.78 Å². The molecule has 19 heavy (non-hydrogen) atoms. The summed E-state index contributed by atoms with van der Waals surface area (Å²) < 4.78 is 7.06. The van der Waals surface area contributed by atoms with Crippen LogP contribution in [0.25, 0.3) is 11.0 Å². The lowest BCUT2D eigenvalue weighted by Gasteiger charge is -2.15. The molecule has 0 fully saturated rings. The van der Waals surface area contributed by atoms with Crippen LogP contribution in [0.2, 0.25) is 0 Å². The predicted octanol–water partition coefficient (Wildman–Crippen LogP) is 2.44. The Morgan fingerprint density at radius 3 is 2.95 bits per heavy atom. The molecule has 2 N–H and O–H groups in total. The van der Waals surface area contributed by atoms with Crippen LogP contribution in [0.4, 0.5) is 5.69 Å². The smallest absolute Gasteiger partial charge is 0.328 e. The summed E-state index contributed by atoms with van der Waals surface area (Å²) in [5, 5.41) is 0. The van der Waals surface area contributed by atoms with Crippen molar-refractivity contribution in [2.45, 2.75) is 33.2 Å². The maximum atomic E-state index is 12.0. The summed E-state index contributed by atoms with van der Waals surface area (Å²) in [4.78, 5) is 16.4. The molecule has 0 saturated heterocycles. The first-order chi connectivity index (χ1) is 9.06. The third-order valence-electron chi connectivity index (χ3n) is 3.10. The molecule has 1 heterocycles. The monoisotopic (exact) mass is 261 g/mol. The molecule has 102 valence electrons. The van der Waals surface area contributed by atoms with Crippen LogP contribution in [0.5, 0.6) is 0 Å². The quantitative estimate of drug-likeness (QED) is 0.678. The van der Waals surface area contributed by atoms with Crippen LogP contribution in [0, 0.1) is 6.92 Å². The topological polar surface area (TPSA) is 70.1 Å². The average molecular weight is 261 g/mol. The molecule has 2 rings (SSSR count). The number of anilines is 1. The Bertz CT molecular complexity index is 604. The van der Waals surface area contributed by atoms with E-state index in [4.69, 9.17) is 10.5 Å². The molecule has 1 aromatic heterocycles. The Morgan fingerprint density at radius 2 is 2.26 bits per heavy atom. The van der Waals surface area contributed by atoms with Gasteiger partial charge in [-0.1, -0.05) is 13.0 Å². The standard InChI is InChI=1S/C14H19N3O2/c1-4-8-19-14(18)9(2)17-10(3)16-13-11(15)6-5-7-12(13)17/h5-7,9H,4,8,15H2,1-3H3. The minimum atomic E-state index is -0.404. The summed E-state index contributed by atoms with van der Waals surface area (Å²) in [5.41, 5.74) is 8.11. The molecular weight excluding hydrogens is 242 g/mol. The Labute approximate surface area is 112 Å². The van der Waals surface area contributed by atoms with Crippen molar-refractivity contribution in [2.75, 3.05) is 12.3 Å². The van der Waals surface area contributed by atoms with E-state index in [9.17, 15) is 4.79 Å². The van der Waals surface area contributed by atoms with Gasteiger partial charge in [-0.2, -0.15) is 0 Å². The number of ether oxygens (including phenoxy) is 1. The van der Waals surface area contributed by atoms with Crippen LogP contribution in [-0.2, 0) is 9.53 Å². The van der Waals surface area contributed by atoms with Crippen molar-refractivity contribution in [3.05, 3.63) is 24.0 Å². The number of benzene rings is 1. The minimum absolute atomic E-state index is 0.244. The van der Waals surface area contributed by atoms with Crippen LogP contribution in [-0.4, -0.2) is 22.1 Å². The van der Waals surface area contributed by atoms with E-state index in [2.05, 4.69) is 4.98 Å². The van der Waals surface area contributed by atoms with E-state index in [1.165, 1.54) is 0 Å². The lowest BCUT2D eigenvalue weighted by molar-refractivity contribution is -0.147. The van der Waals surface area contributed by atoms with Gasteiger partial charge >= 0.3 is 5.97 Å². The first-order valence-corrected chi connectivity index (χ1v) is 6.46. The second-order valence-electron chi connectivity index (χ2n) is 4.59. The molecule has 1 unspecified atom stereocenters. The molecule has 0 aliphatic rings. The fourth-order valence-corrected chi connectivity index (χ4v) is 2.17. The third kappa shape index (κ3) is 2.41. The number of nitrogens with zero attached hydrogens (tertiary/aromatic N) is 2. The van der Waals surface area contributed by atoms with Gasteiger partial charge in [0.1, 0.15) is 17.4 Å². The normalized spacial score (nSPS) is 12.6. The van der Waals surface area contributed by atoms with Gasteiger partial charge < -0.3 is 15.0 Å². The van der Waals surface area contributed by atoms with Crippen molar-refractivity contribution >= 4 is 22.7 Å². The maximum Gasteiger partial charge on any atom is 0.328 e. The third-order valence-corrected chi connectivity index (χ3v) is 3.10. The summed E-state index contributed by atoms with van der Waals surface area (Å²) in [6.45, 7) is 6.09. The average Bonchev–Trinajstić information content (AvgIpc) is 2.73. The largest absolute Gasteiger partial charge is 0.464 e. The van der Waals surface area contributed by atoms with E-state index in [-0.39, 0.29) is 5.97 Å². The fourth-order valence-electron chi connectivity index (χ4n) is 2.17. The highest BCUT2D eigenvalue weighted by Gasteiger charge is 2.21. The summed E-state index contributed by atoms with van der Waals surface area (Å²) >= 11 is 0. The lowest BCUT2D eigenvalue weighted by Crippen LogP contribution is -2.20. The van der Waals surface area contributed by atoms with Crippen LogP contribution in [0.3, 0.4) is 0 Å². The van der Waals surface area contributed by atoms with Gasteiger partial charge in [-0.15, -0.1) is 0 Å². The van der Waals surface area contributed by atoms with E-state index in [1.54, 1.807) is 6.07 Å². The van der Waals surface area contributed by atoms with Crippen LogP contribution in [0.1, 0.15) is 32.1 Å². The number of fused-ring (bicyclic) bond motifs is 1. The Balaban J connectivity index is 2.42. The number of imidazole rings is 1. The molecule has 5 nitrogen and oxygen atoms in total. The number of nitrogens with two attached hydrogens (primary N) is 1. The summed E-state index contributed by atoms with van der Waals surface area (Å²) in [5.74, 6) is 0.514. The van der Waals surface area contributed by atoms with E-state index in [1.807, 2.05) is 37.5 Å². The molecular formula is C14H19N3O2. The number of hydrogen-bond acceptors (Lipinski definition) is 4. The number of esters is 1. The summed E-state index contributed by atoms with van der Waals surface area (Å²) in [7, 11) is 0. The predicted molar refractivity (Wildman–Crippen MR) is 74.8 cm³/mol. The highest BCUT2D eigenvalue weighted by molar-refractivity contribution is 5.89. The van der Waals surface area contributed by atoms with Crippen molar-refractivity contribution in [3.63, 3.8) is 0 Å². The van der Waals surface area contributed by atoms with Crippen molar-refractivity contribution in [1.82, 2.24) is 9.55 Å². The molecule has 0 radical (unpaired) electrons. The SMILES string of the molecule is CCCOC(=O)C(C)n1c(C)nc2c(N)cccc21. The highest BCUT2D eigenvalue weighted by Crippen LogP contribution is 2.25. The Hall–Kier alpha value is -2.04. The van der Waals surface area contributed by atoms with E-state index >= 15 is 0 Å². The number of hydrogen-bond donors (Lipinski definition) is 1. The minimum Gasteiger partial charge on any atom is -0.464 e. The van der Waals surface area contributed by atoms with Gasteiger partial charge in [-0.3, -0.25) is 0 Å². The van der Waals surface area contributed by atoms with Gasteiger partial charge in [0.15, 0.2) is 0 Å². The van der Waals surface area contributed by atoms with Gasteiger partial charge in [0.05, 0.1) is 17.8 Å². The molecule has 0 amide bonds. The number of carbonyl (C=O) groups is 1. The number of aryl methyl sites for hydroxylation is 1. The zero-order valence-corrected chi connectivity index (χ0v) is 11.5. The number of para-hydroxylation sites is 1. The van der Waals surface area contributed by atoms with Gasteiger partial charge in [0.2, 0.25) is 0 Å². The van der Waals surface area contributed by atoms with Crippen LogP contribution >= 0.6 is 0 Å². The second-order valence-corrected chi connectivity index (χ2v) is 4.59. The number of rotatable bonds is 4. The van der Waals surface area contributed by atoms with Gasteiger partial charge in [0.25, 0.3) is 0 Å². The van der Waals surface area contributed by atoms with Crippen molar-refractivity contribution < 1.29 is 9.53 Å². The molecule has 0 saturated carbocycles. The maximum absolute atomic E-state index is 12.0. The summed E-state index contributed by atoms with van der Waals surface area (Å²) in [6.07, 6.45) is 0.815. The number of carbonyl (C=O) groups excluding carboxylic acids is 1. The van der Waals surface area contributed by atoms with Gasteiger partial charge in [0, 0.05) is 0 Å². The van der Waals surface area contributed by atoms with E-state index < -0.39 is 6.04 Å². The first-order valence-electron chi connectivity index (χ1n) is 6.46. The molecule has 0 spiro atoms. The van der Waals surface area contributed by atoms with Crippen molar-refractivity contribution in [2.24, 2.45) is 0 Å². The Morgan fingerprint density at radius 1 is 1.53 bits per heavy atom. The highest BCUT2D eigenvalue weighted by atomic mass is 16.5. The molecule has 1 atom stereocenters. The molecule has 0 aliphatic carbocycles. The molecule has 0 aliphatic heterocycles. The number of nitrogen functional groups attached to an aromatic ring is 1. The molecule has 0 bridgehead atoms. The van der Waals surface area contributed by atoms with Crippen molar-refractivity contribution in [1.29, 1.82) is 0 Å². The van der Waals surface area contributed by atoms with Crippen molar-refractivity contribution in [3.8, 4) is 0 Å². The molecule has 1 aromatic carbocycles. The van der Waals surface area contributed by atoms with Gasteiger partial charge in [-0.05, 0) is 32.4 Å². The van der Waals surface area contributed by atoms with Crippen LogP contribution < -0.4 is 5.73 Å². The molecule has 2 aromatic rings. The zero-order chi connectivity index (χ0) is 14.0. The fraction of sp³-hybridized carbons (Fsp3) is 0.429.